The third kappa shape index (κ3) is 4.57. The molecule has 0 unspecified atom stereocenters. The predicted octanol–water partition coefficient (Wildman–Crippen LogP) is 1.68. The molecule has 0 bridgehead atoms. The summed E-state index contributed by atoms with van der Waals surface area (Å²) in [6.07, 6.45) is 0. The third-order valence-electron chi connectivity index (χ3n) is 2.58. The van der Waals surface area contributed by atoms with E-state index in [1.807, 2.05) is 20.8 Å². The molecule has 1 aromatic rings. The second kappa shape index (κ2) is 6.41. The highest BCUT2D eigenvalue weighted by Crippen LogP contribution is 2.18. The second-order valence-corrected chi connectivity index (χ2v) is 5.66. The fraction of sp³-hybridized carbons (Fsp3) is 0.467. The van der Waals surface area contributed by atoms with Gasteiger partial charge in [-0.3, -0.25) is 9.59 Å². The molecule has 0 aliphatic carbocycles. The summed E-state index contributed by atoms with van der Waals surface area (Å²) in [4.78, 5) is 25.5. The maximum absolute atomic E-state index is 12.3. The summed E-state index contributed by atoms with van der Waals surface area (Å²) in [6, 6.07) is 6.95. The minimum Gasteiger partial charge on any atom is -0.496 e. The summed E-state index contributed by atoms with van der Waals surface area (Å²) in [6.45, 7) is 5.70. The number of nitrogens with one attached hydrogen (secondary N) is 1. The van der Waals surface area contributed by atoms with Gasteiger partial charge in [0.05, 0.1) is 19.2 Å². The van der Waals surface area contributed by atoms with Crippen molar-refractivity contribution in [3.8, 4) is 5.75 Å². The molecule has 0 spiro atoms. The van der Waals surface area contributed by atoms with Crippen LogP contribution in [0.4, 0.5) is 0 Å². The van der Waals surface area contributed by atoms with Crippen molar-refractivity contribution in [1.82, 2.24) is 10.2 Å². The normalized spacial score (nSPS) is 10.8. The molecule has 5 heteroatoms. The van der Waals surface area contributed by atoms with Crippen molar-refractivity contribution < 1.29 is 14.3 Å². The lowest BCUT2D eigenvalue weighted by atomic mass is 10.1. The van der Waals surface area contributed by atoms with E-state index in [4.69, 9.17) is 4.74 Å². The topological polar surface area (TPSA) is 58.6 Å². The van der Waals surface area contributed by atoms with Crippen molar-refractivity contribution in [2.24, 2.45) is 0 Å². The molecular formula is C15H22N2O3. The number of hydrogen-bond donors (Lipinski definition) is 1. The highest BCUT2D eigenvalue weighted by molar-refractivity contribution is 5.98. The average molecular weight is 278 g/mol. The van der Waals surface area contributed by atoms with Crippen LogP contribution < -0.4 is 10.1 Å². The first-order chi connectivity index (χ1) is 9.24. The van der Waals surface area contributed by atoms with E-state index in [0.717, 1.165) is 0 Å². The van der Waals surface area contributed by atoms with Crippen LogP contribution in [0.25, 0.3) is 0 Å². The highest BCUT2D eigenvalue weighted by atomic mass is 16.5. The summed E-state index contributed by atoms with van der Waals surface area (Å²) < 4.78 is 5.15. The molecule has 0 saturated heterocycles. The largest absolute Gasteiger partial charge is 0.496 e. The molecule has 0 saturated carbocycles. The molecule has 0 heterocycles. The fourth-order valence-corrected chi connectivity index (χ4v) is 1.77. The van der Waals surface area contributed by atoms with Crippen LogP contribution >= 0.6 is 0 Å². The van der Waals surface area contributed by atoms with Crippen LogP contribution in [0.2, 0.25) is 0 Å². The maximum atomic E-state index is 12.3. The van der Waals surface area contributed by atoms with E-state index in [0.29, 0.717) is 11.3 Å². The van der Waals surface area contributed by atoms with E-state index in [-0.39, 0.29) is 23.9 Å². The lowest BCUT2D eigenvalue weighted by Crippen LogP contribution is -2.46. The summed E-state index contributed by atoms with van der Waals surface area (Å²) in [5, 5.41) is 2.82. The summed E-state index contributed by atoms with van der Waals surface area (Å²) in [5.74, 6) is 0.0651. The summed E-state index contributed by atoms with van der Waals surface area (Å²) >= 11 is 0. The number of likely N-dealkylation sites (N-methyl/N-ethyl adjacent to an activating group) is 1. The Morgan fingerprint density at radius 3 is 2.40 bits per heavy atom. The molecule has 20 heavy (non-hydrogen) atoms. The van der Waals surface area contributed by atoms with E-state index in [1.54, 1.807) is 31.3 Å². The van der Waals surface area contributed by atoms with Crippen molar-refractivity contribution >= 4 is 11.8 Å². The van der Waals surface area contributed by atoms with Crippen LogP contribution in [0, 0.1) is 0 Å². The number of rotatable bonds is 4. The van der Waals surface area contributed by atoms with Gasteiger partial charge in [-0.05, 0) is 32.9 Å². The molecule has 0 atom stereocenters. The van der Waals surface area contributed by atoms with Gasteiger partial charge in [0.1, 0.15) is 5.75 Å². The third-order valence-corrected chi connectivity index (χ3v) is 2.58. The monoisotopic (exact) mass is 278 g/mol. The minimum absolute atomic E-state index is 0.00809. The van der Waals surface area contributed by atoms with E-state index in [2.05, 4.69) is 5.32 Å². The summed E-state index contributed by atoms with van der Waals surface area (Å²) in [5.41, 5.74) is 0.131. The van der Waals surface area contributed by atoms with Gasteiger partial charge in [-0.25, -0.2) is 0 Å². The number of amides is 2. The quantitative estimate of drug-likeness (QED) is 0.911. The lowest BCUT2D eigenvalue weighted by molar-refractivity contribution is -0.122. The molecule has 2 amide bonds. The Balaban J connectivity index is 2.75. The van der Waals surface area contributed by atoms with Crippen LogP contribution in [0.15, 0.2) is 24.3 Å². The number of carbonyl (C=O) groups excluding carboxylic acids is 2. The molecule has 0 aromatic heterocycles. The maximum Gasteiger partial charge on any atom is 0.257 e. The Labute approximate surface area is 119 Å². The first-order valence-corrected chi connectivity index (χ1v) is 6.44. The van der Waals surface area contributed by atoms with Crippen LogP contribution in [0.1, 0.15) is 31.1 Å². The zero-order chi connectivity index (χ0) is 15.3. The number of ether oxygens (including phenoxy) is 1. The van der Waals surface area contributed by atoms with Crippen LogP contribution in [-0.2, 0) is 4.79 Å². The van der Waals surface area contributed by atoms with Crippen molar-refractivity contribution in [2.75, 3.05) is 20.7 Å². The van der Waals surface area contributed by atoms with Gasteiger partial charge in [0.25, 0.3) is 5.91 Å². The standard InChI is InChI=1S/C15H22N2O3/c1-15(2,3)16-13(18)10-17(4)14(19)11-8-6-7-9-12(11)20-5/h6-9H,10H2,1-5H3,(H,16,18). The molecule has 0 radical (unpaired) electrons. The first kappa shape index (κ1) is 16.0. The van der Waals surface area contributed by atoms with Gasteiger partial charge >= 0.3 is 0 Å². The zero-order valence-corrected chi connectivity index (χ0v) is 12.7. The van der Waals surface area contributed by atoms with Crippen LogP contribution in [0.5, 0.6) is 5.75 Å². The SMILES string of the molecule is COc1ccccc1C(=O)N(C)CC(=O)NC(C)(C)C. The number of methoxy groups -OCH3 is 1. The Kier molecular flexibility index (Phi) is 5.13. The molecular weight excluding hydrogens is 256 g/mol. The molecule has 5 nitrogen and oxygen atoms in total. The average Bonchev–Trinajstić information content (AvgIpc) is 2.35. The van der Waals surface area contributed by atoms with Gasteiger partial charge in [-0.15, -0.1) is 0 Å². The van der Waals surface area contributed by atoms with Gasteiger partial charge in [-0.1, -0.05) is 12.1 Å². The van der Waals surface area contributed by atoms with Gasteiger partial charge in [-0.2, -0.15) is 0 Å². The molecule has 110 valence electrons. The minimum atomic E-state index is -0.314. The Hall–Kier alpha value is -2.04. The number of benzene rings is 1. The van der Waals surface area contributed by atoms with Crippen molar-refractivity contribution in [2.45, 2.75) is 26.3 Å². The molecule has 1 N–H and O–H groups in total. The predicted molar refractivity (Wildman–Crippen MR) is 77.9 cm³/mol. The fourth-order valence-electron chi connectivity index (χ4n) is 1.77. The lowest BCUT2D eigenvalue weighted by Gasteiger charge is -2.23. The highest BCUT2D eigenvalue weighted by Gasteiger charge is 2.20. The molecule has 0 fully saturated rings. The van der Waals surface area contributed by atoms with Crippen molar-refractivity contribution in [3.63, 3.8) is 0 Å². The van der Waals surface area contributed by atoms with Crippen molar-refractivity contribution in [3.05, 3.63) is 29.8 Å². The van der Waals surface area contributed by atoms with Crippen LogP contribution in [0.3, 0.4) is 0 Å². The van der Waals surface area contributed by atoms with E-state index < -0.39 is 0 Å². The Bertz CT molecular complexity index is 492. The number of hydrogen-bond acceptors (Lipinski definition) is 3. The van der Waals surface area contributed by atoms with E-state index in [9.17, 15) is 9.59 Å². The zero-order valence-electron chi connectivity index (χ0n) is 12.7. The first-order valence-electron chi connectivity index (χ1n) is 6.44. The summed E-state index contributed by atoms with van der Waals surface area (Å²) in [7, 11) is 3.11. The van der Waals surface area contributed by atoms with Crippen LogP contribution in [-0.4, -0.2) is 43.0 Å². The molecule has 1 aromatic carbocycles. The number of nitrogens with zero attached hydrogens (tertiary/aromatic N) is 1. The number of carbonyl (C=O) groups is 2. The van der Waals surface area contributed by atoms with Gasteiger partial charge < -0.3 is 15.0 Å². The van der Waals surface area contributed by atoms with Gasteiger partial charge in [0, 0.05) is 12.6 Å². The van der Waals surface area contributed by atoms with Gasteiger partial charge in [0.15, 0.2) is 0 Å². The smallest absolute Gasteiger partial charge is 0.257 e. The molecule has 0 aliphatic heterocycles. The van der Waals surface area contributed by atoms with E-state index >= 15 is 0 Å². The Morgan fingerprint density at radius 1 is 1.25 bits per heavy atom. The van der Waals surface area contributed by atoms with E-state index in [1.165, 1.54) is 12.0 Å². The second-order valence-electron chi connectivity index (χ2n) is 5.66. The van der Waals surface area contributed by atoms with Crippen molar-refractivity contribution in [1.29, 1.82) is 0 Å². The molecule has 1 rings (SSSR count). The van der Waals surface area contributed by atoms with Gasteiger partial charge in [0.2, 0.25) is 5.91 Å². The molecule has 0 aliphatic rings. The number of para-hydroxylation sites is 1. The Morgan fingerprint density at radius 2 is 1.85 bits per heavy atom.